The lowest BCUT2D eigenvalue weighted by atomic mass is 10.7. The molecular formula is C3H7N3O2. The van der Waals surface area contributed by atoms with Crippen molar-refractivity contribution in [1.82, 2.24) is 10.6 Å². The van der Waals surface area contributed by atoms with Gasteiger partial charge in [0.25, 0.3) is 0 Å². The van der Waals surface area contributed by atoms with Crippen LogP contribution in [0.2, 0.25) is 0 Å². The van der Waals surface area contributed by atoms with Crippen molar-refractivity contribution in [1.29, 1.82) is 0 Å². The summed E-state index contributed by atoms with van der Waals surface area (Å²) < 4.78 is 0. The number of nitrogens with zero attached hydrogens (tertiary/aromatic N) is 1. The Labute approximate surface area is 46.2 Å². The summed E-state index contributed by atoms with van der Waals surface area (Å²) in [5.41, 5.74) is 0. The van der Waals surface area contributed by atoms with Crippen LogP contribution in [0.5, 0.6) is 0 Å². The maximum absolute atomic E-state index is 9.88. The van der Waals surface area contributed by atoms with Crippen LogP contribution in [0.1, 0.15) is 0 Å². The Morgan fingerprint density at radius 3 is 2.25 bits per heavy atom. The second kappa shape index (κ2) is 2.06. The molecule has 46 valence electrons. The Morgan fingerprint density at radius 2 is 2.00 bits per heavy atom. The van der Waals surface area contributed by atoms with Crippen LogP contribution in [0.15, 0.2) is 0 Å². The quantitative estimate of drug-likeness (QED) is 0.332. The lowest BCUT2D eigenvalue weighted by Crippen LogP contribution is -2.38. The molecule has 2 N–H and O–H groups in total. The molecule has 0 aromatic carbocycles. The Hall–Kier alpha value is -0.680. The Morgan fingerprint density at radius 1 is 1.50 bits per heavy atom. The Bertz CT molecular complexity index is 98.7. The van der Waals surface area contributed by atoms with Gasteiger partial charge in [-0.2, -0.15) is 0 Å². The molecule has 5 nitrogen and oxygen atoms in total. The predicted molar refractivity (Wildman–Crippen MR) is 26.8 cm³/mol. The molecule has 0 saturated carbocycles. The summed E-state index contributed by atoms with van der Waals surface area (Å²) in [6, 6.07) is 0. The number of hydrogen-bond acceptors (Lipinski definition) is 4. The maximum Gasteiger partial charge on any atom is 0.323 e. The first-order valence-electron chi connectivity index (χ1n) is 2.41. The lowest BCUT2D eigenvalue weighted by molar-refractivity contribution is -0.531. The Balaban J connectivity index is 2.35. The number of nitrogens with one attached hydrogen (secondary N) is 2. The summed E-state index contributed by atoms with van der Waals surface area (Å²) >= 11 is 0. The first-order chi connectivity index (χ1) is 3.80. The van der Waals surface area contributed by atoms with Crippen LogP contribution in [-0.4, -0.2) is 24.3 Å². The van der Waals surface area contributed by atoms with Gasteiger partial charge in [-0.1, -0.05) is 0 Å². The van der Waals surface area contributed by atoms with E-state index < -0.39 is 6.29 Å². The summed E-state index contributed by atoms with van der Waals surface area (Å²) in [7, 11) is 0. The average Bonchev–Trinajstić information content (AvgIpc) is 2.12. The highest BCUT2D eigenvalue weighted by Gasteiger charge is 2.21. The third kappa shape index (κ3) is 0.932. The molecule has 8 heavy (non-hydrogen) atoms. The highest BCUT2D eigenvalue weighted by Crippen LogP contribution is 1.83. The largest absolute Gasteiger partial charge is 0.323 e. The molecule has 0 aromatic rings. The molecule has 5 heteroatoms. The summed E-state index contributed by atoms with van der Waals surface area (Å²) in [5.74, 6) is 0. The van der Waals surface area contributed by atoms with Crippen LogP contribution in [0, 0.1) is 10.1 Å². The Kier molecular flexibility index (Phi) is 1.40. The van der Waals surface area contributed by atoms with Gasteiger partial charge in [0.1, 0.15) is 0 Å². The molecule has 0 aliphatic carbocycles. The molecule has 1 aliphatic rings. The smallest absolute Gasteiger partial charge is 0.262 e. The lowest BCUT2D eigenvalue weighted by Gasteiger charge is -1.97. The van der Waals surface area contributed by atoms with Gasteiger partial charge in [0.2, 0.25) is 0 Å². The molecule has 0 spiro atoms. The van der Waals surface area contributed by atoms with Crippen molar-refractivity contribution in [3.05, 3.63) is 10.1 Å². The highest BCUT2D eigenvalue weighted by atomic mass is 16.6. The van der Waals surface area contributed by atoms with E-state index in [0.29, 0.717) is 13.1 Å². The second-order valence-electron chi connectivity index (χ2n) is 1.60. The average molecular weight is 117 g/mol. The maximum atomic E-state index is 9.88. The molecular weight excluding hydrogens is 110 g/mol. The third-order valence-corrected chi connectivity index (χ3v) is 1.01. The molecule has 0 bridgehead atoms. The van der Waals surface area contributed by atoms with Crippen LogP contribution >= 0.6 is 0 Å². The van der Waals surface area contributed by atoms with Gasteiger partial charge in [-0.3, -0.25) is 10.1 Å². The van der Waals surface area contributed by atoms with Gasteiger partial charge in [-0.25, -0.2) is 10.6 Å². The third-order valence-electron chi connectivity index (χ3n) is 1.01. The van der Waals surface area contributed by atoms with Crippen molar-refractivity contribution in [3.63, 3.8) is 0 Å². The summed E-state index contributed by atoms with van der Waals surface area (Å²) in [5, 5.41) is 15.2. The standard InChI is InChI=1S/C3H7N3O2/c7-6(8)3-4-1-2-5-3/h3-5H,1-2H2. The van der Waals surface area contributed by atoms with Gasteiger partial charge in [0.05, 0.1) is 4.92 Å². The molecule has 0 atom stereocenters. The van der Waals surface area contributed by atoms with Gasteiger partial charge in [-0.15, -0.1) is 0 Å². The topological polar surface area (TPSA) is 67.2 Å². The minimum absolute atomic E-state index is 0.382. The van der Waals surface area contributed by atoms with Gasteiger partial charge in [0, 0.05) is 13.1 Å². The van der Waals surface area contributed by atoms with E-state index in [9.17, 15) is 10.1 Å². The van der Waals surface area contributed by atoms with Gasteiger partial charge >= 0.3 is 6.29 Å². The van der Waals surface area contributed by atoms with Gasteiger partial charge in [-0.05, 0) is 0 Å². The van der Waals surface area contributed by atoms with Crippen molar-refractivity contribution in [3.8, 4) is 0 Å². The van der Waals surface area contributed by atoms with Crippen LogP contribution in [-0.2, 0) is 0 Å². The fraction of sp³-hybridized carbons (Fsp3) is 1.00. The fourth-order valence-corrected chi connectivity index (χ4v) is 0.639. The summed E-state index contributed by atoms with van der Waals surface area (Å²) in [4.78, 5) is 9.50. The molecule has 0 radical (unpaired) electrons. The molecule has 1 aliphatic heterocycles. The van der Waals surface area contributed by atoms with E-state index in [1.807, 2.05) is 0 Å². The van der Waals surface area contributed by atoms with Gasteiger partial charge in [0.15, 0.2) is 0 Å². The molecule has 0 unspecified atom stereocenters. The SMILES string of the molecule is O=[N+]([O-])C1NCCN1. The molecule has 1 heterocycles. The summed E-state index contributed by atoms with van der Waals surface area (Å²) in [6.45, 7) is 1.37. The second-order valence-corrected chi connectivity index (χ2v) is 1.60. The minimum atomic E-state index is -0.713. The van der Waals surface area contributed by atoms with E-state index in [0.717, 1.165) is 0 Å². The van der Waals surface area contributed by atoms with E-state index in [1.165, 1.54) is 0 Å². The van der Waals surface area contributed by atoms with E-state index in [1.54, 1.807) is 0 Å². The minimum Gasteiger partial charge on any atom is -0.262 e. The highest BCUT2D eigenvalue weighted by molar-refractivity contribution is 4.62. The molecule has 0 aromatic heterocycles. The number of hydrogen-bond donors (Lipinski definition) is 2. The fourth-order valence-electron chi connectivity index (χ4n) is 0.639. The zero-order chi connectivity index (χ0) is 5.98. The first-order valence-corrected chi connectivity index (χ1v) is 2.41. The zero-order valence-electron chi connectivity index (χ0n) is 4.26. The monoisotopic (exact) mass is 117 g/mol. The van der Waals surface area contributed by atoms with Crippen LogP contribution in [0.3, 0.4) is 0 Å². The first kappa shape index (κ1) is 5.46. The van der Waals surface area contributed by atoms with E-state index >= 15 is 0 Å². The zero-order valence-corrected chi connectivity index (χ0v) is 4.26. The predicted octanol–water partition coefficient (Wildman–Crippen LogP) is -1.26. The number of nitro groups is 1. The molecule has 1 fully saturated rings. The van der Waals surface area contributed by atoms with Crippen molar-refractivity contribution >= 4 is 0 Å². The van der Waals surface area contributed by atoms with Gasteiger partial charge < -0.3 is 0 Å². The molecule has 1 saturated heterocycles. The van der Waals surface area contributed by atoms with Crippen LogP contribution in [0.25, 0.3) is 0 Å². The van der Waals surface area contributed by atoms with E-state index in [4.69, 9.17) is 0 Å². The normalized spacial score (nSPS) is 21.5. The van der Waals surface area contributed by atoms with Crippen LogP contribution < -0.4 is 10.6 Å². The van der Waals surface area contributed by atoms with Crippen molar-refractivity contribution in [2.24, 2.45) is 0 Å². The van der Waals surface area contributed by atoms with Crippen molar-refractivity contribution in [2.75, 3.05) is 13.1 Å². The van der Waals surface area contributed by atoms with E-state index in [2.05, 4.69) is 10.6 Å². The van der Waals surface area contributed by atoms with Crippen LogP contribution in [0.4, 0.5) is 0 Å². The van der Waals surface area contributed by atoms with Crippen molar-refractivity contribution < 1.29 is 4.92 Å². The number of rotatable bonds is 1. The molecule has 0 amide bonds. The summed E-state index contributed by atoms with van der Waals surface area (Å²) in [6.07, 6.45) is -0.713. The van der Waals surface area contributed by atoms with Crippen molar-refractivity contribution in [2.45, 2.75) is 6.29 Å². The molecule has 1 rings (SSSR count). The van der Waals surface area contributed by atoms with E-state index in [-0.39, 0.29) is 4.92 Å².